The lowest BCUT2D eigenvalue weighted by Crippen LogP contribution is -2.18. The van der Waals surface area contributed by atoms with Gasteiger partial charge in [0.2, 0.25) is 0 Å². The minimum Gasteiger partial charge on any atom is -0.396 e. The molecule has 0 saturated heterocycles. The maximum Gasteiger partial charge on any atom is 0.0994 e. The second kappa shape index (κ2) is 5.77. The third-order valence-electron chi connectivity index (χ3n) is 2.86. The van der Waals surface area contributed by atoms with Crippen LogP contribution in [-0.2, 0) is 6.42 Å². The molecule has 0 saturated carbocycles. The maximum absolute atomic E-state index is 9.10. The summed E-state index contributed by atoms with van der Waals surface area (Å²) in [6.07, 6.45) is 3.97. The van der Waals surface area contributed by atoms with Crippen LogP contribution in [0, 0.1) is 0 Å². The summed E-state index contributed by atoms with van der Waals surface area (Å²) in [5.74, 6) is 0. The van der Waals surface area contributed by atoms with Crippen molar-refractivity contribution in [1.82, 2.24) is 9.55 Å². The first-order valence-corrected chi connectivity index (χ1v) is 5.85. The van der Waals surface area contributed by atoms with Crippen LogP contribution in [0.5, 0.6) is 0 Å². The average Bonchev–Trinajstić information content (AvgIpc) is 2.88. The zero-order valence-electron chi connectivity index (χ0n) is 10.0. The molecule has 2 rings (SSSR count). The molecule has 1 aromatic heterocycles. The standard InChI is InChI=1S/C13H17N3O2/c14-12(8-18)13-7-15-9-16(13)11-3-1-10(2-4-11)5-6-17/h1-4,7,9,12,17-18H,5-6,8,14H2. The summed E-state index contributed by atoms with van der Waals surface area (Å²) < 4.78 is 1.85. The second-order valence-electron chi connectivity index (χ2n) is 4.12. The van der Waals surface area contributed by atoms with Crippen LogP contribution >= 0.6 is 0 Å². The third-order valence-corrected chi connectivity index (χ3v) is 2.86. The minimum absolute atomic E-state index is 0.117. The fourth-order valence-electron chi connectivity index (χ4n) is 1.84. The number of nitrogens with zero attached hydrogens (tertiary/aromatic N) is 2. The van der Waals surface area contributed by atoms with Crippen molar-refractivity contribution in [2.24, 2.45) is 5.73 Å². The topological polar surface area (TPSA) is 84.3 Å². The number of imidazole rings is 1. The van der Waals surface area contributed by atoms with Gasteiger partial charge in [-0.1, -0.05) is 12.1 Å². The highest BCUT2D eigenvalue weighted by molar-refractivity contribution is 5.37. The van der Waals surface area contributed by atoms with E-state index in [-0.39, 0.29) is 13.2 Å². The molecule has 5 nitrogen and oxygen atoms in total. The summed E-state index contributed by atoms with van der Waals surface area (Å²) in [5, 5.41) is 18.0. The quantitative estimate of drug-likeness (QED) is 0.714. The van der Waals surface area contributed by atoms with E-state index < -0.39 is 6.04 Å². The van der Waals surface area contributed by atoms with Gasteiger partial charge in [-0.2, -0.15) is 0 Å². The van der Waals surface area contributed by atoms with Crippen LogP contribution in [0.1, 0.15) is 17.3 Å². The number of hydrogen-bond donors (Lipinski definition) is 3. The van der Waals surface area contributed by atoms with Gasteiger partial charge >= 0.3 is 0 Å². The van der Waals surface area contributed by atoms with E-state index in [1.165, 1.54) is 0 Å². The van der Waals surface area contributed by atoms with E-state index >= 15 is 0 Å². The fraction of sp³-hybridized carbons (Fsp3) is 0.308. The highest BCUT2D eigenvalue weighted by atomic mass is 16.3. The monoisotopic (exact) mass is 247 g/mol. The summed E-state index contributed by atoms with van der Waals surface area (Å²) >= 11 is 0. The predicted molar refractivity (Wildman–Crippen MR) is 68.4 cm³/mol. The van der Waals surface area contributed by atoms with Crippen molar-refractivity contribution >= 4 is 0 Å². The molecule has 5 heteroatoms. The predicted octanol–water partition coefficient (Wildman–Crippen LogP) is 0.399. The van der Waals surface area contributed by atoms with Gasteiger partial charge in [0.1, 0.15) is 0 Å². The van der Waals surface area contributed by atoms with E-state index in [2.05, 4.69) is 4.98 Å². The molecule has 1 atom stereocenters. The normalized spacial score (nSPS) is 12.6. The molecule has 2 aromatic rings. The lowest BCUT2D eigenvalue weighted by atomic mass is 10.1. The van der Waals surface area contributed by atoms with Gasteiger partial charge in [0.05, 0.1) is 30.9 Å². The van der Waals surface area contributed by atoms with Crippen LogP contribution < -0.4 is 5.73 Å². The van der Waals surface area contributed by atoms with Crippen molar-refractivity contribution < 1.29 is 10.2 Å². The Balaban J connectivity index is 2.28. The molecule has 0 aliphatic rings. The van der Waals surface area contributed by atoms with E-state index in [9.17, 15) is 0 Å². The first-order valence-electron chi connectivity index (χ1n) is 5.85. The highest BCUT2D eigenvalue weighted by Gasteiger charge is 2.11. The molecule has 0 radical (unpaired) electrons. The van der Waals surface area contributed by atoms with E-state index in [1.54, 1.807) is 12.5 Å². The summed E-state index contributed by atoms with van der Waals surface area (Å²) in [6.45, 7) is 0.0271. The van der Waals surface area contributed by atoms with Crippen molar-refractivity contribution in [2.45, 2.75) is 12.5 Å². The molecular weight excluding hydrogens is 230 g/mol. The van der Waals surface area contributed by atoms with Gasteiger partial charge in [0, 0.05) is 12.3 Å². The lowest BCUT2D eigenvalue weighted by Gasteiger charge is -2.12. The molecule has 96 valence electrons. The van der Waals surface area contributed by atoms with Crippen molar-refractivity contribution in [3.8, 4) is 5.69 Å². The van der Waals surface area contributed by atoms with E-state index in [1.807, 2.05) is 28.8 Å². The Bertz CT molecular complexity index is 493. The minimum atomic E-state index is -0.440. The van der Waals surface area contributed by atoms with Crippen molar-refractivity contribution in [3.63, 3.8) is 0 Å². The molecule has 1 aromatic carbocycles. The number of aromatic nitrogens is 2. The summed E-state index contributed by atoms with van der Waals surface area (Å²) in [4.78, 5) is 4.06. The Kier molecular flexibility index (Phi) is 4.09. The zero-order valence-corrected chi connectivity index (χ0v) is 10.0. The lowest BCUT2D eigenvalue weighted by molar-refractivity contribution is 0.265. The Hall–Kier alpha value is -1.69. The van der Waals surface area contributed by atoms with E-state index in [4.69, 9.17) is 15.9 Å². The third kappa shape index (κ3) is 2.59. The molecule has 0 aliphatic carbocycles. The molecule has 18 heavy (non-hydrogen) atoms. The average molecular weight is 247 g/mol. The number of hydrogen-bond acceptors (Lipinski definition) is 4. The van der Waals surface area contributed by atoms with Crippen molar-refractivity contribution in [1.29, 1.82) is 0 Å². The Labute approximate surface area is 106 Å². The van der Waals surface area contributed by atoms with Crippen molar-refractivity contribution in [2.75, 3.05) is 13.2 Å². The molecular formula is C13H17N3O2. The number of benzene rings is 1. The number of nitrogens with two attached hydrogens (primary N) is 1. The molecule has 0 spiro atoms. The molecule has 0 amide bonds. The second-order valence-corrected chi connectivity index (χ2v) is 4.12. The van der Waals surface area contributed by atoms with Gasteiger partial charge in [-0.05, 0) is 24.1 Å². The Morgan fingerprint density at radius 1 is 1.22 bits per heavy atom. The summed E-state index contributed by atoms with van der Waals surface area (Å²) in [7, 11) is 0. The van der Waals surface area contributed by atoms with Crippen molar-refractivity contribution in [3.05, 3.63) is 48.0 Å². The largest absolute Gasteiger partial charge is 0.396 e. The fourth-order valence-corrected chi connectivity index (χ4v) is 1.84. The van der Waals surface area contributed by atoms with E-state index in [0.29, 0.717) is 6.42 Å². The van der Waals surface area contributed by atoms with Gasteiger partial charge in [0.15, 0.2) is 0 Å². The van der Waals surface area contributed by atoms with Crippen LogP contribution in [-0.4, -0.2) is 33.0 Å². The summed E-state index contributed by atoms with van der Waals surface area (Å²) in [6, 6.07) is 7.37. The SMILES string of the molecule is NC(CO)c1cncn1-c1ccc(CCO)cc1. The van der Waals surface area contributed by atoms with Crippen LogP contribution in [0.4, 0.5) is 0 Å². The maximum atomic E-state index is 9.10. The number of aliphatic hydroxyl groups excluding tert-OH is 2. The number of aliphatic hydroxyl groups is 2. The van der Waals surface area contributed by atoms with Gasteiger partial charge < -0.3 is 20.5 Å². The molecule has 0 fully saturated rings. The molecule has 1 unspecified atom stereocenters. The number of rotatable bonds is 5. The van der Waals surface area contributed by atoms with Crippen LogP contribution in [0.25, 0.3) is 5.69 Å². The van der Waals surface area contributed by atoms with Crippen LogP contribution in [0.2, 0.25) is 0 Å². The highest BCUT2D eigenvalue weighted by Crippen LogP contribution is 2.16. The Morgan fingerprint density at radius 3 is 2.56 bits per heavy atom. The molecule has 0 aliphatic heterocycles. The smallest absolute Gasteiger partial charge is 0.0994 e. The first-order chi connectivity index (χ1) is 8.76. The van der Waals surface area contributed by atoms with E-state index in [0.717, 1.165) is 16.9 Å². The van der Waals surface area contributed by atoms with Crippen LogP contribution in [0.15, 0.2) is 36.8 Å². The first kappa shape index (κ1) is 12.8. The molecule has 1 heterocycles. The Morgan fingerprint density at radius 2 is 1.94 bits per heavy atom. The molecule has 4 N–H and O–H groups in total. The van der Waals surface area contributed by atoms with Gasteiger partial charge in [-0.25, -0.2) is 4.98 Å². The van der Waals surface area contributed by atoms with Gasteiger partial charge in [-0.15, -0.1) is 0 Å². The van der Waals surface area contributed by atoms with Gasteiger partial charge in [0.25, 0.3) is 0 Å². The zero-order chi connectivity index (χ0) is 13.0. The summed E-state index contributed by atoms with van der Waals surface area (Å²) in [5.41, 5.74) is 8.60. The van der Waals surface area contributed by atoms with Crippen LogP contribution in [0.3, 0.4) is 0 Å². The van der Waals surface area contributed by atoms with Gasteiger partial charge in [-0.3, -0.25) is 0 Å². The molecule has 0 bridgehead atoms.